The summed E-state index contributed by atoms with van der Waals surface area (Å²) in [6, 6.07) is -6.09. The summed E-state index contributed by atoms with van der Waals surface area (Å²) in [5.74, 6) is -6.73. The van der Waals surface area contributed by atoms with E-state index in [0.717, 1.165) is 0 Å². The number of aliphatic carboxylic acids is 2. The van der Waals surface area contributed by atoms with Gasteiger partial charge >= 0.3 is 11.9 Å². The molecule has 0 aromatic carbocycles. The van der Waals surface area contributed by atoms with Crippen LogP contribution in [0.15, 0.2) is 0 Å². The van der Waals surface area contributed by atoms with Crippen molar-refractivity contribution in [3.05, 3.63) is 0 Å². The fourth-order valence-corrected chi connectivity index (χ4v) is 2.31. The van der Waals surface area contributed by atoms with Crippen molar-refractivity contribution in [2.24, 2.45) is 11.5 Å². The molecule has 4 amide bonds. The number of carbonyl (C=O) groups excluding carboxylic acids is 4. The lowest BCUT2D eigenvalue weighted by molar-refractivity contribution is -0.143. The molecular formula is C17H29N5O10. The second kappa shape index (κ2) is 13.9. The minimum atomic E-state index is -1.59. The number of hydrogen-bond acceptors (Lipinski definition) is 9. The number of carbonyl (C=O) groups is 6. The maximum Gasteiger partial charge on any atom is 0.326 e. The molecule has 0 fully saturated rings. The number of aliphatic hydroxyl groups is 2. The number of nitrogens with two attached hydrogens (primary N) is 2. The summed E-state index contributed by atoms with van der Waals surface area (Å²) in [4.78, 5) is 69.8. The normalized spacial score (nSPS) is 15.4. The first-order valence-electron chi connectivity index (χ1n) is 9.48. The zero-order valence-corrected chi connectivity index (χ0v) is 17.3. The number of carboxylic acid groups (broad SMARTS) is 2. The molecule has 0 radical (unpaired) electrons. The minimum Gasteiger partial charge on any atom is -0.481 e. The van der Waals surface area contributed by atoms with Crippen LogP contribution in [0.5, 0.6) is 0 Å². The molecule has 0 aliphatic carbocycles. The summed E-state index contributed by atoms with van der Waals surface area (Å²) < 4.78 is 0. The van der Waals surface area contributed by atoms with Gasteiger partial charge in [0, 0.05) is 12.8 Å². The third kappa shape index (κ3) is 10.6. The van der Waals surface area contributed by atoms with Crippen molar-refractivity contribution in [1.82, 2.24) is 16.0 Å². The van der Waals surface area contributed by atoms with Gasteiger partial charge in [-0.3, -0.25) is 24.0 Å². The predicted octanol–water partition coefficient (Wildman–Crippen LogP) is -4.64. The lowest BCUT2D eigenvalue weighted by atomic mass is 10.1. The second-order valence-corrected chi connectivity index (χ2v) is 6.91. The van der Waals surface area contributed by atoms with E-state index in [9.17, 15) is 39.0 Å². The third-order valence-corrected chi connectivity index (χ3v) is 4.21. The van der Waals surface area contributed by atoms with E-state index in [0.29, 0.717) is 0 Å². The summed E-state index contributed by atoms with van der Waals surface area (Å²) >= 11 is 0. The Kier molecular flexibility index (Phi) is 12.5. The number of nitrogens with one attached hydrogen (secondary N) is 3. The Morgan fingerprint density at radius 3 is 1.72 bits per heavy atom. The molecule has 32 heavy (non-hydrogen) atoms. The molecule has 0 heterocycles. The van der Waals surface area contributed by atoms with Gasteiger partial charge in [0.2, 0.25) is 23.6 Å². The van der Waals surface area contributed by atoms with Crippen LogP contribution in [0.4, 0.5) is 0 Å². The first-order chi connectivity index (χ1) is 14.8. The summed E-state index contributed by atoms with van der Waals surface area (Å²) in [7, 11) is 0. The van der Waals surface area contributed by atoms with Crippen LogP contribution < -0.4 is 27.4 Å². The van der Waals surface area contributed by atoms with Gasteiger partial charge in [-0.15, -0.1) is 0 Å². The molecule has 15 nitrogen and oxygen atoms in total. The number of primary amides is 1. The molecule has 0 aromatic rings. The molecule has 5 atom stereocenters. The molecule has 0 aromatic heterocycles. The summed E-state index contributed by atoms with van der Waals surface area (Å²) in [6.45, 7) is 0.316. The Balaban J connectivity index is 5.37. The lowest BCUT2D eigenvalue weighted by Crippen LogP contribution is -2.59. The van der Waals surface area contributed by atoms with Crippen LogP contribution in [0.3, 0.4) is 0 Å². The van der Waals surface area contributed by atoms with Gasteiger partial charge in [-0.05, 0) is 19.8 Å². The van der Waals surface area contributed by atoms with Crippen molar-refractivity contribution in [2.45, 2.75) is 62.9 Å². The van der Waals surface area contributed by atoms with E-state index < -0.39 is 85.3 Å². The quantitative estimate of drug-likeness (QED) is 0.111. The minimum absolute atomic E-state index is 0.350. The number of rotatable bonds is 15. The van der Waals surface area contributed by atoms with E-state index in [-0.39, 0.29) is 12.8 Å². The van der Waals surface area contributed by atoms with Gasteiger partial charge in [-0.25, -0.2) is 4.79 Å². The fraction of sp³-hybridized carbons (Fsp3) is 0.647. The van der Waals surface area contributed by atoms with Gasteiger partial charge in [0.25, 0.3) is 0 Å². The van der Waals surface area contributed by atoms with Crippen LogP contribution in [0.1, 0.15) is 32.6 Å². The molecule has 0 saturated heterocycles. The van der Waals surface area contributed by atoms with Crippen molar-refractivity contribution in [2.75, 3.05) is 6.61 Å². The molecule has 11 N–H and O–H groups in total. The monoisotopic (exact) mass is 463 g/mol. The largest absolute Gasteiger partial charge is 0.481 e. The SMILES string of the molecule is CC(O)C(N)C(=O)NC(CO)C(=O)NC(CCC(N)=O)C(=O)NC(CCC(=O)O)C(=O)O. The Morgan fingerprint density at radius 1 is 0.812 bits per heavy atom. The van der Waals surface area contributed by atoms with Crippen LogP contribution in [-0.4, -0.2) is 92.9 Å². The van der Waals surface area contributed by atoms with Crippen molar-refractivity contribution >= 4 is 35.6 Å². The highest BCUT2D eigenvalue weighted by Gasteiger charge is 2.31. The third-order valence-electron chi connectivity index (χ3n) is 4.21. The van der Waals surface area contributed by atoms with Gasteiger partial charge in [0.05, 0.1) is 12.7 Å². The standard InChI is InChI=1S/C17H29N5O10/c1-7(24)13(19)16(30)22-10(6-23)15(29)20-8(2-4-11(18)25)14(28)21-9(17(31)32)3-5-12(26)27/h7-10,13,23-24H,2-6,19H2,1H3,(H2,18,25)(H,20,29)(H,21,28)(H,22,30)(H,26,27)(H,31,32). The van der Waals surface area contributed by atoms with Gasteiger partial charge < -0.3 is 47.8 Å². The van der Waals surface area contributed by atoms with Crippen molar-refractivity contribution in [3.8, 4) is 0 Å². The molecule has 0 spiro atoms. The van der Waals surface area contributed by atoms with Crippen LogP contribution in [0.25, 0.3) is 0 Å². The van der Waals surface area contributed by atoms with E-state index in [1.807, 2.05) is 0 Å². The number of aliphatic hydroxyl groups excluding tert-OH is 2. The van der Waals surface area contributed by atoms with Gasteiger partial charge in [0.1, 0.15) is 24.2 Å². The first-order valence-corrected chi connectivity index (χ1v) is 9.48. The zero-order chi connectivity index (χ0) is 25.0. The van der Waals surface area contributed by atoms with E-state index in [4.69, 9.17) is 21.7 Å². The average Bonchev–Trinajstić information content (AvgIpc) is 2.70. The number of amides is 4. The maximum atomic E-state index is 12.5. The molecule has 0 aliphatic rings. The highest BCUT2D eigenvalue weighted by Crippen LogP contribution is 2.04. The lowest BCUT2D eigenvalue weighted by Gasteiger charge is -2.24. The molecule has 15 heteroatoms. The highest BCUT2D eigenvalue weighted by molar-refractivity contribution is 5.94. The van der Waals surface area contributed by atoms with Gasteiger partial charge in [-0.1, -0.05) is 0 Å². The second-order valence-electron chi connectivity index (χ2n) is 6.91. The van der Waals surface area contributed by atoms with E-state index >= 15 is 0 Å². The van der Waals surface area contributed by atoms with Gasteiger partial charge in [0.15, 0.2) is 0 Å². The molecule has 0 bridgehead atoms. The molecule has 182 valence electrons. The zero-order valence-electron chi connectivity index (χ0n) is 17.3. The summed E-state index contributed by atoms with van der Waals surface area (Å²) in [6.07, 6.45) is -2.99. The van der Waals surface area contributed by atoms with Gasteiger partial charge in [-0.2, -0.15) is 0 Å². The Hall–Kier alpha value is -3.30. The molecular weight excluding hydrogens is 434 g/mol. The molecule has 0 rings (SSSR count). The summed E-state index contributed by atoms with van der Waals surface area (Å²) in [5, 5.41) is 42.9. The smallest absolute Gasteiger partial charge is 0.326 e. The topological polar surface area (TPSA) is 271 Å². The Morgan fingerprint density at radius 2 is 1.28 bits per heavy atom. The summed E-state index contributed by atoms with van der Waals surface area (Å²) in [5.41, 5.74) is 10.5. The van der Waals surface area contributed by atoms with Crippen molar-refractivity contribution < 1.29 is 49.2 Å². The first kappa shape index (κ1) is 28.7. The average molecular weight is 463 g/mol. The fourth-order valence-electron chi connectivity index (χ4n) is 2.31. The molecule has 5 unspecified atom stereocenters. The van der Waals surface area contributed by atoms with Crippen LogP contribution in [0, 0.1) is 0 Å². The Labute approximate surface area is 182 Å². The maximum absolute atomic E-state index is 12.5. The van der Waals surface area contributed by atoms with Crippen molar-refractivity contribution in [1.29, 1.82) is 0 Å². The van der Waals surface area contributed by atoms with Crippen molar-refractivity contribution in [3.63, 3.8) is 0 Å². The Bertz CT molecular complexity index is 714. The molecule has 0 saturated carbocycles. The van der Waals surface area contributed by atoms with Crippen LogP contribution in [-0.2, 0) is 28.8 Å². The highest BCUT2D eigenvalue weighted by atomic mass is 16.4. The van der Waals surface area contributed by atoms with E-state index in [1.54, 1.807) is 0 Å². The van der Waals surface area contributed by atoms with Crippen LogP contribution >= 0.6 is 0 Å². The molecule has 0 aliphatic heterocycles. The van der Waals surface area contributed by atoms with E-state index in [1.165, 1.54) is 6.92 Å². The van der Waals surface area contributed by atoms with E-state index in [2.05, 4.69) is 16.0 Å². The predicted molar refractivity (Wildman–Crippen MR) is 105 cm³/mol. The van der Waals surface area contributed by atoms with Crippen LogP contribution in [0.2, 0.25) is 0 Å². The number of hydrogen-bond donors (Lipinski definition) is 9. The number of carboxylic acids is 2.